The Hall–Kier alpha value is -2.14. The Morgan fingerprint density at radius 2 is 2.14 bits per heavy atom. The van der Waals surface area contributed by atoms with Crippen LogP contribution in [0.1, 0.15) is 29.2 Å². The first-order chi connectivity index (χ1) is 10.7. The number of amides is 1. The van der Waals surface area contributed by atoms with Crippen LogP contribution in [0.3, 0.4) is 0 Å². The highest BCUT2D eigenvalue weighted by atomic mass is 32.1. The van der Waals surface area contributed by atoms with E-state index in [4.69, 9.17) is 4.74 Å². The van der Waals surface area contributed by atoms with E-state index in [9.17, 15) is 9.59 Å². The van der Waals surface area contributed by atoms with Crippen LogP contribution in [0, 0.1) is 0 Å². The summed E-state index contributed by atoms with van der Waals surface area (Å²) in [5.74, 6) is -0.624. The maximum Gasteiger partial charge on any atom is 0.310 e. The molecule has 0 fully saturated rings. The van der Waals surface area contributed by atoms with E-state index in [0.29, 0.717) is 0 Å². The standard InChI is InChI=1S/C17H17NO3S/c19-16(10-21-17(20)9-12-7-8-22-11-12)18-15-6-5-13-3-1-2-4-14(13)15/h1-4,7-8,11,15H,5-6,9-10H2,(H,18,19)/t15-/m0/s1. The summed E-state index contributed by atoms with van der Waals surface area (Å²) in [7, 11) is 0. The molecule has 1 atom stereocenters. The van der Waals surface area contributed by atoms with Gasteiger partial charge in [-0.2, -0.15) is 11.3 Å². The molecule has 0 spiro atoms. The number of benzene rings is 1. The van der Waals surface area contributed by atoms with Gasteiger partial charge in [-0.05, 0) is 46.4 Å². The molecule has 0 aliphatic heterocycles. The van der Waals surface area contributed by atoms with Crippen LogP contribution in [0.2, 0.25) is 0 Å². The fourth-order valence-electron chi connectivity index (χ4n) is 2.70. The molecule has 1 aliphatic rings. The number of carbonyl (C=O) groups excluding carboxylic acids is 2. The molecule has 0 unspecified atom stereocenters. The number of ether oxygens (including phenoxy) is 1. The van der Waals surface area contributed by atoms with Gasteiger partial charge in [0.15, 0.2) is 6.61 Å². The predicted octanol–water partition coefficient (Wildman–Crippen LogP) is 2.64. The van der Waals surface area contributed by atoms with E-state index in [1.54, 1.807) is 0 Å². The molecule has 0 saturated carbocycles. The van der Waals surface area contributed by atoms with Crippen molar-refractivity contribution in [2.75, 3.05) is 6.61 Å². The molecule has 22 heavy (non-hydrogen) atoms. The molecule has 1 amide bonds. The van der Waals surface area contributed by atoms with Crippen molar-refractivity contribution in [1.29, 1.82) is 0 Å². The maximum absolute atomic E-state index is 11.9. The highest BCUT2D eigenvalue weighted by Gasteiger charge is 2.23. The Labute approximate surface area is 133 Å². The molecular weight excluding hydrogens is 298 g/mol. The third kappa shape index (κ3) is 3.54. The van der Waals surface area contributed by atoms with Crippen molar-refractivity contribution in [1.82, 2.24) is 5.32 Å². The summed E-state index contributed by atoms with van der Waals surface area (Å²) in [5.41, 5.74) is 3.36. The van der Waals surface area contributed by atoms with Crippen molar-refractivity contribution < 1.29 is 14.3 Å². The van der Waals surface area contributed by atoms with Crippen LogP contribution in [-0.2, 0) is 27.2 Å². The Kier molecular flexibility index (Phi) is 4.53. The largest absolute Gasteiger partial charge is 0.455 e. The van der Waals surface area contributed by atoms with E-state index in [1.165, 1.54) is 22.5 Å². The van der Waals surface area contributed by atoms with Crippen LogP contribution in [0.5, 0.6) is 0 Å². The van der Waals surface area contributed by atoms with Crippen LogP contribution in [0.15, 0.2) is 41.1 Å². The molecule has 5 heteroatoms. The smallest absolute Gasteiger partial charge is 0.310 e. The van der Waals surface area contributed by atoms with Gasteiger partial charge in [0, 0.05) is 0 Å². The van der Waals surface area contributed by atoms with E-state index in [1.807, 2.05) is 35.0 Å². The first kappa shape index (κ1) is 14.8. The highest BCUT2D eigenvalue weighted by Crippen LogP contribution is 2.30. The van der Waals surface area contributed by atoms with E-state index < -0.39 is 0 Å². The van der Waals surface area contributed by atoms with Crippen molar-refractivity contribution in [3.05, 3.63) is 57.8 Å². The number of esters is 1. The molecule has 1 heterocycles. The van der Waals surface area contributed by atoms with Crippen molar-refractivity contribution in [2.45, 2.75) is 25.3 Å². The van der Waals surface area contributed by atoms with Crippen LogP contribution in [0.25, 0.3) is 0 Å². The summed E-state index contributed by atoms with van der Waals surface area (Å²) >= 11 is 1.53. The lowest BCUT2D eigenvalue weighted by molar-refractivity contribution is -0.148. The Bertz CT molecular complexity index is 666. The van der Waals surface area contributed by atoms with Gasteiger partial charge in [0.1, 0.15) is 0 Å². The van der Waals surface area contributed by atoms with Crippen molar-refractivity contribution in [2.24, 2.45) is 0 Å². The molecule has 2 aromatic rings. The molecule has 3 rings (SSSR count). The molecule has 4 nitrogen and oxygen atoms in total. The van der Waals surface area contributed by atoms with Gasteiger partial charge in [0.2, 0.25) is 0 Å². The second kappa shape index (κ2) is 6.75. The molecule has 1 aromatic heterocycles. The quantitative estimate of drug-likeness (QED) is 0.863. The minimum Gasteiger partial charge on any atom is -0.455 e. The third-order valence-corrected chi connectivity index (χ3v) is 4.49. The van der Waals surface area contributed by atoms with Gasteiger partial charge < -0.3 is 10.1 Å². The number of aryl methyl sites for hydroxylation is 1. The molecule has 0 saturated heterocycles. The lowest BCUT2D eigenvalue weighted by Crippen LogP contribution is -2.31. The summed E-state index contributed by atoms with van der Waals surface area (Å²) in [4.78, 5) is 23.6. The topological polar surface area (TPSA) is 55.4 Å². The Morgan fingerprint density at radius 1 is 1.27 bits per heavy atom. The third-order valence-electron chi connectivity index (χ3n) is 3.76. The van der Waals surface area contributed by atoms with E-state index in [0.717, 1.165) is 18.4 Å². The van der Waals surface area contributed by atoms with Crippen LogP contribution >= 0.6 is 11.3 Å². The highest BCUT2D eigenvalue weighted by molar-refractivity contribution is 7.07. The van der Waals surface area contributed by atoms with Crippen molar-refractivity contribution in [3.8, 4) is 0 Å². The summed E-state index contributed by atoms with van der Waals surface area (Å²) in [6.07, 6.45) is 2.08. The van der Waals surface area contributed by atoms with Gasteiger partial charge in [0.05, 0.1) is 12.5 Å². The number of fused-ring (bicyclic) bond motifs is 1. The van der Waals surface area contributed by atoms with E-state index in [2.05, 4.69) is 11.4 Å². The fourth-order valence-corrected chi connectivity index (χ4v) is 3.37. The number of rotatable bonds is 5. The van der Waals surface area contributed by atoms with Gasteiger partial charge in [-0.15, -0.1) is 0 Å². The Balaban J connectivity index is 1.46. The van der Waals surface area contributed by atoms with Crippen molar-refractivity contribution in [3.63, 3.8) is 0 Å². The first-order valence-corrected chi connectivity index (χ1v) is 8.20. The number of hydrogen-bond donors (Lipinski definition) is 1. The van der Waals surface area contributed by atoms with Gasteiger partial charge in [-0.1, -0.05) is 24.3 Å². The van der Waals surface area contributed by atoms with Crippen LogP contribution in [0.4, 0.5) is 0 Å². The van der Waals surface area contributed by atoms with Crippen LogP contribution < -0.4 is 5.32 Å². The van der Waals surface area contributed by atoms with Gasteiger partial charge >= 0.3 is 5.97 Å². The minimum absolute atomic E-state index is 0.0271. The number of nitrogens with one attached hydrogen (secondary N) is 1. The maximum atomic E-state index is 11.9. The van der Waals surface area contributed by atoms with Crippen LogP contribution in [-0.4, -0.2) is 18.5 Å². The van der Waals surface area contributed by atoms with E-state index >= 15 is 0 Å². The normalized spacial score (nSPS) is 16.1. The minimum atomic E-state index is -0.375. The van der Waals surface area contributed by atoms with Gasteiger partial charge in [-0.3, -0.25) is 9.59 Å². The number of thiophene rings is 1. The van der Waals surface area contributed by atoms with E-state index in [-0.39, 0.29) is 30.9 Å². The zero-order valence-electron chi connectivity index (χ0n) is 12.1. The van der Waals surface area contributed by atoms with Crippen molar-refractivity contribution >= 4 is 23.2 Å². The molecule has 0 radical (unpaired) electrons. The SMILES string of the molecule is O=C(COC(=O)Cc1ccsc1)N[C@H]1CCc2ccccc21. The zero-order chi connectivity index (χ0) is 15.4. The summed E-state index contributed by atoms with van der Waals surface area (Å²) < 4.78 is 5.03. The Morgan fingerprint density at radius 3 is 2.95 bits per heavy atom. The fraction of sp³-hybridized carbons (Fsp3) is 0.294. The second-order valence-corrected chi connectivity index (χ2v) is 6.11. The lowest BCUT2D eigenvalue weighted by atomic mass is 10.1. The summed E-state index contributed by atoms with van der Waals surface area (Å²) in [5, 5.41) is 6.74. The van der Waals surface area contributed by atoms with Gasteiger partial charge in [0.25, 0.3) is 5.91 Å². The molecule has 114 valence electrons. The van der Waals surface area contributed by atoms with Gasteiger partial charge in [-0.25, -0.2) is 0 Å². The zero-order valence-corrected chi connectivity index (χ0v) is 12.9. The average Bonchev–Trinajstić information content (AvgIpc) is 3.16. The number of carbonyl (C=O) groups is 2. The lowest BCUT2D eigenvalue weighted by Gasteiger charge is -2.14. The summed E-state index contributed by atoms with van der Waals surface area (Å²) in [6.45, 7) is -0.221. The molecule has 1 N–H and O–H groups in total. The first-order valence-electron chi connectivity index (χ1n) is 7.26. The monoisotopic (exact) mass is 315 g/mol. The molecule has 1 aromatic carbocycles. The summed E-state index contributed by atoms with van der Waals surface area (Å²) in [6, 6.07) is 10.0. The average molecular weight is 315 g/mol. The molecular formula is C17H17NO3S. The molecule has 0 bridgehead atoms. The number of hydrogen-bond acceptors (Lipinski definition) is 4. The molecule has 1 aliphatic carbocycles. The predicted molar refractivity (Wildman–Crippen MR) is 84.6 cm³/mol. The second-order valence-electron chi connectivity index (χ2n) is 5.33.